The third-order valence-corrected chi connectivity index (χ3v) is 3.62. The highest BCUT2D eigenvalue weighted by molar-refractivity contribution is 6.13. The summed E-state index contributed by atoms with van der Waals surface area (Å²) in [5.41, 5.74) is 1.90. The first-order valence-electron chi connectivity index (χ1n) is 6.95. The minimum atomic E-state index is -1.09. The number of ketones is 1. The molecule has 0 atom stereocenters. The van der Waals surface area contributed by atoms with Gasteiger partial charge in [-0.15, -0.1) is 0 Å². The third-order valence-electron chi connectivity index (χ3n) is 3.62. The Hall–Kier alpha value is -3.15. The van der Waals surface area contributed by atoms with Crippen molar-refractivity contribution in [2.75, 3.05) is 0 Å². The van der Waals surface area contributed by atoms with Crippen LogP contribution in [0.2, 0.25) is 0 Å². The molecule has 6 heteroatoms. The fourth-order valence-corrected chi connectivity index (χ4v) is 2.48. The number of aryl methyl sites for hydroxylation is 2. The van der Waals surface area contributed by atoms with E-state index in [-0.39, 0.29) is 17.0 Å². The lowest BCUT2D eigenvalue weighted by atomic mass is 10.00. The van der Waals surface area contributed by atoms with E-state index in [2.05, 4.69) is 5.16 Å². The average Bonchev–Trinajstić information content (AvgIpc) is 3.11. The molecule has 0 fully saturated rings. The topological polar surface area (TPSA) is 85.3 Å². The van der Waals surface area contributed by atoms with Gasteiger partial charge >= 0.3 is 5.97 Å². The van der Waals surface area contributed by atoms with Gasteiger partial charge in [0.15, 0.2) is 5.78 Å². The summed E-state index contributed by atoms with van der Waals surface area (Å²) < 4.78 is 6.59. The van der Waals surface area contributed by atoms with Gasteiger partial charge < -0.3 is 14.2 Å². The van der Waals surface area contributed by atoms with Crippen LogP contribution in [0.25, 0.3) is 11.3 Å². The van der Waals surface area contributed by atoms with Crippen LogP contribution >= 0.6 is 0 Å². The van der Waals surface area contributed by atoms with Gasteiger partial charge in [-0.2, -0.15) is 0 Å². The summed E-state index contributed by atoms with van der Waals surface area (Å²) in [5, 5.41) is 13.1. The predicted molar refractivity (Wildman–Crippen MR) is 82.5 cm³/mol. The Labute approximate surface area is 132 Å². The summed E-state index contributed by atoms with van der Waals surface area (Å²) in [6, 6.07) is 10.6. The van der Waals surface area contributed by atoms with Gasteiger partial charge in [-0.25, -0.2) is 4.79 Å². The third kappa shape index (κ3) is 2.55. The molecule has 6 nitrogen and oxygen atoms in total. The molecule has 3 rings (SSSR count). The van der Waals surface area contributed by atoms with Crippen LogP contribution in [0.4, 0.5) is 0 Å². The molecule has 2 heterocycles. The normalized spacial score (nSPS) is 10.7. The first-order valence-corrected chi connectivity index (χ1v) is 6.95. The average molecular weight is 310 g/mol. The van der Waals surface area contributed by atoms with Crippen LogP contribution in [0.3, 0.4) is 0 Å². The van der Waals surface area contributed by atoms with Crippen LogP contribution in [0.5, 0.6) is 0 Å². The molecule has 0 radical (unpaired) electrons. The number of carbonyl (C=O) groups is 2. The van der Waals surface area contributed by atoms with Crippen molar-refractivity contribution in [2.45, 2.75) is 6.92 Å². The molecular formula is C17H14N2O4. The second-order valence-corrected chi connectivity index (χ2v) is 5.19. The highest BCUT2D eigenvalue weighted by Crippen LogP contribution is 2.27. The van der Waals surface area contributed by atoms with Crippen molar-refractivity contribution in [3.63, 3.8) is 0 Å². The van der Waals surface area contributed by atoms with Gasteiger partial charge in [-0.3, -0.25) is 4.79 Å². The number of carboxylic acid groups (broad SMARTS) is 1. The molecule has 1 aromatic carbocycles. The van der Waals surface area contributed by atoms with E-state index in [9.17, 15) is 9.59 Å². The molecule has 23 heavy (non-hydrogen) atoms. The molecule has 3 aromatic rings. The van der Waals surface area contributed by atoms with Crippen LogP contribution < -0.4 is 0 Å². The maximum Gasteiger partial charge on any atom is 0.352 e. The lowest BCUT2D eigenvalue weighted by Crippen LogP contribution is -2.03. The van der Waals surface area contributed by atoms with Crippen molar-refractivity contribution in [3.8, 4) is 11.3 Å². The van der Waals surface area contributed by atoms with E-state index in [1.807, 2.05) is 30.3 Å². The van der Waals surface area contributed by atoms with E-state index < -0.39 is 5.97 Å². The molecule has 0 saturated heterocycles. The molecule has 0 aliphatic heterocycles. The predicted octanol–water partition coefficient (Wildman–Crippen LogP) is 2.92. The number of benzene rings is 1. The second-order valence-electron chi connectivity index (χ2n) is 5.19. The lowest BCUT2D eigenvalue weighted by Gasteiger charge is -2.00. The van der Waals surface area contributed by atoms with E-state index in [4.69, 9.17) is 9.63 Å². The number of aromatic nitrogens is 2. The maximum absolute atomic E-state index is 12.8. The highest BCUT2D eigenvalue weighted by Gasteiger charge is 2.24. The van der Waals surface area contributed by atoms with Gasteiger partial charge in [0.25, 0.3) is 0 Å². The largest absolute Gasteiger partial charge is 0.477 e. The summed E-state index contributed by atoms with van der Waals surface area (Å²) in [6.07, 6.45) is 1.49. The molecule has 0 amide bonds. The SMILES string of the molecule is Cc1onc(-c2ccccc2)c1C(=O)c1cc(C(=O)O)n(C)c1. The lowest BCUT2D eigenvalue weighted by molar-refractivity contribution is 0.0686. The first-order chi connectivity index (χ1) is 11.0. The van der Waals surface area contributed by atoms with E-state index >= 15 is 0 Å². The molecule has 1 N–H and O–H groups in total. The van der Waals surface area contributed by atoms with E-state index in [1.54, 1.807) is 14.0 Å². The standard InChI is InChI=1S/C17H14N2O4/c1-10-14(15(18-23-10)11-6-4-3-5-7-11)16(20)12-8-13(17(21)22)19(2)9-12/h3-9H,1-2H3,(H,21,22). The Bertz CT molecular complexity index is 891. The van der Waals surface area contributed by atoms with Crippen molar-refractivity contribution >= 4 is 11.8 Å². The number of nitrogens with zero attached hydrogens (tertiary/aromatic N) is 2. The van der Waals surface area contributed by atoms with E-state index in [1.165, 1.54) is 16.8 Å². The highest BCUT2D eigenvalue weighted by atomic mass is 16.5. The molecule has 116 valence electrons. The van der Waals surface area contributed by atoms with Crippen molar-refractivity contribution < 1.29 is 19.2 Å². The van der Waals surface area contributed by atoms with E-state index in [0.29, 0.717) is 17.0 Å². The van der Waals surface area contributed by atoms with Gasteiger partial charge in [0, 0.05) is 24.4 Å². The Morgan fingerprint density at radius 2 is 1.91 bits per heavy atom. The minimum absolute atomic E-state index is 0.0451. The summed E-state index contributed by atoms with van der Waals surface area (Å²) in [7, 11) is 1.58. The summed E-state index contributed by atoms with van der Waals surface area (Å²) >= 11 is 0. The summed E-state index contributed by atoms with van der Waals surface area (Å²) in [5.74, 6) is -1.00. The monoisotopic (exact) mass is 310 g/mol. The smallest absolute Gasteiger partial charge is 0.352 e. The van der Waals surface area contributed by atoms with Crippen molar-refractivity contribution in [3.05, 3.63) is 65.2 Å². The zero-order valence-electron chi connectivity index (χ0n) is 12.6. The van der Waals surface area contributed by atoms with Crippen LogP contribution in [0.15, 0.2) is 47.1 Å². The molecular weight excluding hydrogens is 296 g/mol. The van der Waals surface area contributed by atoms with Crippen LogP contribution in [-0.4, -0.2) is 26.6 Å². The van der Waals surface area contributed by atoms with Gasteiger partial charge in [0.1, 0.15) is 17.1 Å². The van der Waals surface area contributed by atoms with Gasteiger partial charge in [-0.05, 0) is 13.0 Å². The van der Waals surface area contributed by atoms with Gasteiger partial charge in [0.2, 0.25) is 0 Å². The summed E-state index contributed by atoms with van der Waals surface area (Å²) in [6.45, 7) is 1.66. The molecule has 0 saturated carbocycles. The van der Waals surface area contributed by atoms with Gasteiger partial charge in [-0.1, -0.05) is 35.5 Å². The first kappa shape index (κ1) is 14.8. The number of carbonyl (C=O) groups excluding carboxylic acids is 1. The molecule has 0 bridgehead atoms. The zero-order chi connectivity index (χ0) is 16.6. The van der Waals surface area contributed by atoms with Crippen LogP contribution in [0, 0.1) is 6.92 Å². The molecule has 0 aliphatic rings. The fraction of sp³-hybridized carbons (Fsp3) is 0.118. The number of aromatic carboxylic acids is 1. The van der Waals surface area contributed by atoms with Crippen LogP contribution in [-0.2, 0) is 7.05 Å². The van der Waals surface area contributed by atoms with Crippen LogP contribution in [0.1, 0.15) is 32.2 Å². The number of carboxylic acids is 1. The molecule has 2 aromatic heterocycles. The number of hydrogen-bond acceptors (Lipinski definition) is 4. The Kier molecular flexibility index (Phi) is 3.57. The molecule has 0 aliphatic carbocycles. The summed E-state index contributed by atoms with van der Waals surface area (Å²) in [4.78, 5) is 23.9. The van der Waals surface area contributed by atoms with Crippen molar-refractivity contribution in [1.82, 2.24) is 9.72 Å². The Morgan fingerprint density at radius 3 is 2.52 bits per heavy atom. The Morgan fingerprint density at radius 1 is 1.22 bits per heavy atom. The minimum Gasteiger partial charge on any atom is -0.477 e. The number of hydrogen-bond donors (Lipinski definition) is 1. The van der Waals surface area contributed by atoms with E-state index in [0.717, 1.165) is 5.56 Å². The second kappa shape index (κ2) is 5.57. The Balaban J connectivity index is 2.09. The zero-order valence-corrected chi connectivity index (χ0v) is 12.6. The van der Waals surface area contributed by atoms with Crippen molar-refractivity contribution in [1.29, 1.82) is 0 Å². The van der Waals surface area contributed by atoms with Crippen molar-refractivity contribution in [2.24, 2.45) is 7.05 Å². The maximum atomic E-state index is 12.8. The quantitative estimate of drug-likeness (QED) is 0.749. The molecule has 0 spiro atoms. The fourth-order valence-electron chi connectivity index (χ4n) is 2.48. The molecule has 0 unspecified atom stereocenters. The number of rotatable bonds is 4. The van der Waals surface area contributed by atoms with Gasteiger partial charge in [0.05, 0.1) is 5.56 Å².